The fourth-order valence-corrected chi connectivity index (χ4v) is 1.71. The molecule has 96 valence electrons. The van der Waals surface area contributed by atoms with Crippen molar-refractivity contribution in [3.05, 3.63) is 41.6 Å². The molecule has 0 saturated heterocycles. The molecule has 0 spiro atoms. The van der Waals surface area contributed by atoms with Crippen molar-refractivity contribution in [3.8, 4) is 11.5 Å². The van der Waals surface area contributed by atoms with Gasteiger partial charge < -0.3 is 19.9 Å². The van der Waals surface area contributed by atoms with Crippen LogP contribution in [0.3, 0.4) is 0 Å². The summed E-state index contributed by atoms with van der Waals surface area (Å²) in [5.41, 5.74) is 0.802. The summed E-state index contributed by atoms with van der Waals surface area (Å²) in [6.45, 7) is 4.27. The summed E-state index contributed by atoms with van der Waals surface area (Å²) in [7, 11) is 0. The van der Waals surface area contributed by atoms with E-state index < -0.39 is 0 Å². The van der Waals surface area contributed by atoms with Gasteiger partial charge >= 0.3 is 0 Å². The van der Waals surface area contributed by atoms with Crippen molar-refractivity contribution in [1.29, 1.82) is 0 Å². The van der Waals surface area contributed by atoms with Crippen LogP contribution in [-0.4, -0.2) is 15.2 Å². The second kappa shape index (κ2) is 5.10. The molecule has 1 aromatic heterocycles. The molecule has 0 bridgehead atoms. The summed E-state index contributed by atoms with van der Waals surface area (Å²) in [5, 5.41) is 22.0. The lowest BCUT2D eigenvalue weighted by Gasteiger charge is -2.13. The highest BCUT2D eigenvalue weighted by Crippen LogP contribution is 2.24. The van der Waals surface area contributed by atoms with E-state index in [-0.39, 0.29) is 17.5 Å². The third-order valence-corrected chi connectivity index (χ3v) is 2.65. The Morgan fingerprint density at radius 3 is 2.50 bits per heavy atom. The zero-order valence-corrected chi connectivity index (χ0v) is 10.3. The molecule has 5 nitrogen and oxygen atoms in total. The Kier molecular flexibility index (Phi) is 3.53. The maximum Gasteiger partial charge on any atom is 0.208 e. The number of hydrogen-bond acceptors (Lipinski definition) is 5. The van der Waals surface area contributed by atoms with Gasteiger partial charge in [0.15, 0.2) is 0 Å². The first-order valence-electron chi connectivity index (χ1n) is 5.72. The van der Waals surface area contributed by atoms with E-state index in [4.69, 9.17) is 4.42 Å². The largest absolute Gasteiger partial charge is 0.508 e. The number of rotatable bonds is 4. The van der Waals surface area contributed by atoms with Crippen LogP contribution < -0.4 is 5.32 Å². The van der Waals surface area contributed by atoms with Crippen molar-refractivity contribution in [2.75, 3.05) is 0 Å². The Morgan fingerprint density at radius 1 is 1.28 bits per heavy atom. The normalized spacial score (nSPS) is 12.6. The Hall–Kier alpha value is -2.01. The minimum absolute atomic E-state index is 0.0322. The number of aromatic hydroxyl groups is 2. The van der Waals surface area contributed by atoms with E-state index in [1.807, 2.05) is 13.8 Å². The van der Waals surface area contributed by atoms with Crippen LogP contribution in [0.1, 0.15) is 30.2 Å². The van der Waals surface area contributed by atoms with Crippen LogP contribution in [0.25, 0.3) is 0 Å². The molecule has 0 aliphatic rings. The van der Waals surface area contributed by atoms with Crippen LogP contribution in [0.2, 0.25) is 0 Å². The lowest BCUT2D eigenvalue weighted by molar-refractivity contribution is 0.427. The maximum atomic E-state index is 9.41. The Morgan fingerprint density at radius 2 is 1.94 bits per heavy atom. The van der Waals surface area contributed by atoms with Gasteiger partial charge in [0.1, 0.15) is 17.3 Å². The quantitative estimate of drug-likeness (QED) is 0.773. The minimum atomic E-state index is -0.0322. The van der Waals surface area contributed by atoms with Crippen molar-refractivity contribution in [3.63, 3.8) is 0 Å². The molecule has 0 amide bonds. The van der Waals surface area contributed by atoms with E-state index >= 15 is 0 Å². The van der Waals surface area contributed by atoms with Crippen molar-refractivity contribution in [1.82, 2.24) is 10.3 Å². The van der Waals surface area contributed by atoms with Gasteiger partial charge in [-0.25, -0.2) is 4.98 Å². The Labute approximate surface area is 105 Å². The number of aromatic nitrogens is 1. The van der Waals surface area contributed by atoms with Crippen molar-refractivity contribution in [2.45, 2.75) is 26.4 Å². The molecule has 0 saturated carbocycles. The fourth-order valence-electron chi connectivity index (χ4n) is 1.71. The van der Waals surface area contributed by atoms with E-state index in [1.54, 1.807) is 18.3 Å². The molecule has 1 unspecified atom stereocenters. The summed E-state index contributed by atoms with van der Waals surface area (Å²) in [4.78, 5) is 4.09. The highest BCUT2D eigenvalue weighted by Gasteiger charge is 2.09. The van der Waals surface area contributed by atoms with Gasteiger partial charge in [-0.05, 0) is 31.5 Å². The molecule has 1 heterocycles. The topological polar surface area (TPSA) is 78.5 Å². The second-order valence-electron chi connectivity index (χ2n) is 4.25. The van der Waals surface area contributed by atoms with Crippen LogP contribution in [-0.2, 0) is 6.54 Å². The summed E-state index contributed by atoms with van der Waals surface area (Å²) < 4.78 is 5.34. The zero-order chi connectivity index (χ0) is 13.1. The standard InChI is InChI=1S/C13H16N2O3/c1-8-6-15-13(18-8)7-14-9(2)10-3-11(16)5-12(17)4-10/h3-6,9,14,16-17H,7H2,1-2H3. The van der Waals surface area contributed by atoms with Gasteiger partial charge in [-0.15, -0.1) is 0 Å². The molecule has 0 aliphatic heterocycles. The predicted octanol–water partition coefficient (Wildman–Crippen LogP) is 2.25. The third kappa shape index (κ3) is 3.01. The highest BCUT2D eigenvalue weighted by molar-refractivity contribution is 5.37. The molecule has 3 N–H and O–H groups in total. The van der Waals surface area contributed by atoms with Gasteiger partial charge in [0.25, 0.3) is 0 Å². The van der Waals surface area contributed by atoms with E-state index in [9.17, 15) is 10.2 Å². The van der Waals surface area contributed by atoms with Crippen LogP contribution in [0, 0.1) is 6.92 Å². The molecular weight excluding hydrogens is 232 g/mol. The van der Waals surface area contributed by atoms with Gasteiger partial charge in [-0.1, -0.05) is 0 Å². The number of hydrogen-bond donors (Lipinski definition) is 3. The van der Waals surface area contributed by atoms with Crippen molar-refractivity contribution in [2.24, 2.45) is 0 Å². The van der Waals surface area contributed by atoms with E-state index in [0.29, 0.717) is 12.4 Å². The molecule has 2 aromatic rings. The number of oxazole rings is 1. The first kappa shape index (κ1) is 12.4. The number of phenolic OH excluding ortho intramolecular Hbond substituents is 2. The number of nitrogens with one attached hydrogen (secondary N) is 1. The maximum absolute atomic E-state index is 9.41. The molecule has 18 heavy (non-hydrogen) atoms. The Balaban J connectivity index is 2.01. The van der Waals surface area contributed by atoms with Crippen molar-refractivity contribution < 1.29 is 14.6 Å². The third-order valence-electron chi connectivity index (χ3n) is 2.65. The lowest BCUT2D eigenvalue weighted by Crippen LogP contribution is -2.18. The van der Waals surface area contributed by atoms with E-state index in [0.717, 1.165) is 11.3 Å². The zero-order valence-electron chi connectivity index (χ0n) is 10.3. The average molecular weight is 248 g/mol. The number of phenols is 2. The van der Waals surface area contributed by atoms with Crippen LogP contribution in [0.5, 0.6) is 11.5 Å². The molecule has 0 radical (unpaired) electrons. The van der Waals surface area contributed by atoms with Gasteiger partial charge in [-0.2, -0.15) is 0 Å². The molecule has 0 fully saturated rings. The second-order valence-corrected chi connectivity index (χ2v) is 4.25. The monoisotopic (exact) mass is 248 g/mol. The number of benzene rings is 1. The molecule has 5 heteroatoms. The number of nitrogens with zero attached hydrogens (tertiary/aromatic N) is 1. The summed E-state index contributed by atoms with van der Waals surface area (Å²) in [6, 6.07) is 4.49. The first-order valence-corrected chi connectivity index (χ1v) is 5.72. The SMILES string of the molecule is Cc1cnc(CNC(C)c2cc(O)cc(O)c2)o1. The Bertz CT molecular complexity index is 517. The van der Waals surface area contributed by atoms with Crippen molar-refractivity contribution >= 4 is 0 Å². The molecule has 1 atom stereocenters. The predicted molar refractivity (Wildman–Crippen MR) is 66.3 cm³/mol. The van der Waals surface area contributed by atoms with Gasteiger partial charge in [0.05, 0.1) is 12.7 Å². The van der Waals surface area contributed by atoms with Crippen LogP contribution >= 0.6 is 0 Å². The van der Waals surface area contributed by atoms with Gasteiger partial charge in [-0.3, -0.25) is 0 Å². The van der Waals surface area contributed by atoms with Gasteiger partial charge in [0, 0.05) is 12.1 Å². The van der Waals surface area contributed by atoms with E-state index in [1.165, 1.54) is 6.07 Å². The first-order chi connectivity index (χ1) is 8.54. The smallest absolute Gasteiger partial charge is 0.208 e. The molecule has 1 aromatic carbocycles. The minimum Gasteiger partial charge on any atom is -0.508 e. The number of aryl methyl sites for hydroxylation is 1. The van der Waals surface area contributed by atoms with Crippen LogP contribution in [0.15, 0.2) is 28.8 Å². The molecular formula is C13H16N2O3. The fraction of sp³-hybridized carbons (Fsp3) is 0.308. The highest BCUT2D eigenvalue weighted by atomic mass is 16.4. The van der Waals surface area contributed by atoms with E-state index in [2.05, 4.69) is 10.3 Å². The summed E-state index contributed by atoms with van der Waals surface area (Å²) in [6.07, 6.45) is 1.67. The summed E-state index contributed by atoms with van der Waals surface area (Å²) >= 11 is 0. The molecule has 2 rings (SSSR count). The van der Waals surface area contributed by atoms with Gasteiger partial charge in [0.2, 0.25) is 5.89 Å². The summed E-state index contributed by atoms with van der Waals surface area (Å²) in [5.74, 6) is 1.48. The molecule has 0 aliphatic carbocycles. The average Bonchev–Trinajstić information content (AvgIpc) is 2.70. The van der Waals surface area contributed by atoms with Crippen LogP contribution in [0.4, 0.5) is 0 Å². The lowest BCUT2D eigenvalue weighted by atomic mass is 10.1.